The molecule has 0 fully saturated rings. The van der Waals surface area contributed by atoms with Crippen LogP contribution in [0.3, 0.4) is 0 Å². The summed E-state index contributed by atoms with van der Waals surface area (Å²) in [7, 11) is 4.53. The molecule has 0 aliphatic carbocycles. The molecule has 1 aromatic rings. The van der Waals surface area contributed by atoms with Crippen LogP contribution in [-0.4, -0.2) is 37.2 Å². The average molecular weight is 235 g/mol. The van der Waals surface area contributed by atoms with Gasteiger partial charge >= 0.3 is 6.03 Å². The van der Waals surface area contributed by atoms with E-state index in [1.165, 1.54) is 24.1 Å². The molecule has 0 aliphatic heterocycles. The van der Waals surface area contributed by atoms with Crippen molar-refractivity contribution in [2.75, 3.05) is 26.5 Å². The summed E-state index contributed by atoms with van der Waals surface area (Å²) in [6.45, 7) is 0. The molecule has 0 aromatic heterocycles. The lowest BCUT2D eigenvalue weighted by molar-refractivity contribution is 0.230. The summed E-state index contributed by atoms with van der Waals surface area (Å²) in [4.78, 5) is 12.8. The normalized spacial score (nSPS) is 9.29. The molecule has 0 saturated heterocycles. The number of amides is 2. The SMILES string of the molecule is COc1cc(C#N)c(NC(=O)N(C)C)cc1O. The third kappa shape index (κ3) is 2.78. The van der Waals surface area contributed by atoms with Crippen LogP contribution < -0.4 is 10.1 Å². The van der Waals surface area contributed by atoms with E-state index in [1.54, 1.807) is 14.1 Å². The van der Waals surface area contributed by atoms with Crippen LogP contribution >= 0.6 is 0 Å². The van der Waals surface area contributed by atoms with Crippen LogP contribution in [-0.2, 0) is 0 Å². The average Bonchev–Trinajstić information content (AvgIpc) is 2.29. The quantitative estimate of drug-likeness (QED) is 0.810. The maximum atomic E-state index is 11.4. The van der Waals surface area contributed by atoms with Crippen molar-refractivity contribution in [3.8, 4) is 17.6 Å². The van der Waals surface area contributed by atoms with Gasteiger partial charge in [-0.2, -0.15) is 5.26 Å². The zero-order valence-electron chi connectivity index (χ0n) is 9.81. The number of aromatic hydroxyl groups is 1. The lowest BCUT2D eigenvalue weighted by Crippen LogP contribution is -2.27. The van der Waals surface area contributed by atoms with E-state index in [2.05, 4.69) is 5.32 Å². The van der Waals surface area contributed by atoms with Crippen molar-refractivity contribution >= 4 is 11.7 Å². The first kappa shape index (κ1) is 12.6. The van der Waals surface area contributed by atoms with Crippen molar-refractivity contribution < 1.29 is 14.6 Å². The molecule has 0 spiro atoms. The molecule has 0 atom stereocenters. The van der Waals surface area contributed by atoms with Crippen LogP contribution in [0.5, 0.6) is 11.5 Å². The minimum atomic E-state index is -0.383. The molecule has 6 heteroatoms. The second kappa shape index (κ2) is 5.07. The number of methoxy groups -OCH3 is 1. The molecule has 6 nitrogen and oxygen atoms in total. The number of phenolic OH excluding ortho intramolecular Hbond substituents is 1. The van der Waals surface area contributed by atoms with Gasteiger partial charge in [0.05, 0.1) is 18.4 Å². The molecule has 90 valence electrons. The van der Waals surface area contributed by atoms with Crippen LogP contribution in [0.25, 0.3) is 0 Å². The van der Waals surface area contributed by atoms with E-state index in [1.807, 2.05) is 6.07 Å². The summed E-state index contributed by atoms with van der Waals surface area (Å²) in [5.41, 5.74) is 0.458. The first-order chi connectivity index (χ1) is 7.99. The fraction of sp³-hybridized carbons (Fsp3) is 0.273. The molecular weight excluding hydrogens is 222 g/mol. The largest absolute Gasteiger partial charge is 0.504 e. The Bertz CT molecular complexity index is 478. The van der Waals surface area contributed by atoms with Gasteiger partial charge in [-0.1, -0.05) is 0 Å². The van der Waals surface area contributed by atoms with Crippen molar-refractivity contribution in [3.05, 3.63) is 17.7 Å². The van der Waals surface area contributed by atoms with E-state index in [4.69, 9.17) is 10.00 Å². The summed E-state index contributed by atoms with van der Waals surface area (Å²) in [5.74, 6) is 0.0463. The van der Waals surface area contributed by atoms with Crippen molar-refractivity contribution in [2.45, 2.75) is 0 Å². The molecule has 0 saturated carbocycles. The van der Waals surface area contributed by atoms with Gasteiger partial charge < -0.3 is 20.1 Å². The van der Waals surface area contributed by atoms with Crippen LogP contribution in [0.4, 0.5) is 10.5 Å². The minimum Gasteiger partial charge on any atom is -0.504 e. The van der Waals surface area contributed by atoms with Crippen molar-refractivity contribution in [3.63, 3.8) is 0 Å². The molecular formula is C11H13N3O3. The van der Waals surface area contributed by atoms with Gasteiger partial charge in [0.25, 0.3) is 0 Å². The fourth-order valence-electron chi connectivity index (χ4n) is 1.15. The van der Waals surface area contributed by atoms with E-state index in [0.717, 1.165) is 0 Å². The number of hydrogen-bond donors (Lipinski definition) is 2. The lowest BCUT2D eigenvalue weighted by atomic mass is 10.1. The monoisotopic (exact) mass is 235 g/mol. The first-order valence-corrected chi connectivity index (χ1v) is 4.79. The van der Waals surface area contributed by atoms with E-state index in [0.29, 0.717) is 0 Å². The molecule has 2 N–H and O–H groups in total. The minimum absolute atomic E-state index is 0.138. The van der Waals surface area contributed by atoms with Gasteiger partial charge in [0.2, 0.25) is 0 Å². The smallest absolute Gasteiger partial charge is 0.321 e. The number of ether oxygens (including phenoxy) is 1. The van der Waals surface area contributed by atoms with Crippen molar-refractivity contribution in [2.24, 2.45) is 0 Å². The molecule has 0 heterocycles. The third-order valence-corrected chi connectivity index (χ3v) is 2.09. The standard InChI is InChI=1S/C11H13N3O3/c1-14(2)11(16)13-8-5-9(15)10(17-3)4-7(8)6-12/h4-5,15H,1-3H3,(H,13,16). The number of carbonyl (C=O) groups excluding carboxylic acids is 1. The maximum absolute atomic E-state index is 11.4. The first-order valence-electron chi connectivity index (χ1n) is 4.79. The number of nitrogens with zero attached hydrogens (tertiary/aromatic N) is 2. The zero-order valence-corrected chi connectivity index (χ0v) is 9.81. The highest BCUT2D eigenvalue weighted by Gasteiger charge is 2.12. The summed E-state index contributed by atoms with van der Waals surface area (Å²) >= 11 is 0. The molecule has 17 heavy (non-hydrogen) atoms. The fourth-order valence-corrected chi connectivity index (χ4v) is 1.15. The van der Waals surface area contributed by atoms with Gasteiger partial charge in [-0.25, -0.2) is 4.79 Å². The number of urea groups is 1. The van der Waals surface area contributed by atoms with Crippen molar-refractivity contribution in [1.82, 2.24) is 4.90 Å². The Morgan fingerprint density at radius 2 is 2.18 bits per heavy atom. The zero-order chi connectivity index (χ0) is 13.0. The highest BCUT2D eigenvalue weighted by atomic mass is 16.5. The Morgan fingerprint density at radius 3 is 2.65 bits per heavy atom. The number of benzene rings is 1. The molecule has 1 rings (SSSR count). The molecule has 0 radical (unpaired) electrons. The number of anilines is 1. The highest BCUT2D eigenvalue weighted by molar-refractivity contribution is 5.91. The summed E-state index contributed by atoms with van der Waals surface area (Å²) < 4.78 is 4.87. The second-order valence-corrected chi connectivity index (χ2v) is 3.51. The Morgan fingerprint density at radius 1 is 1.53 bits per heavy atom. The highest BCUT2D eigenvalue weighted by Crippen LogP contribution is 2.32. The third-order valence-electron chi connectivity index (χ3n) is 2.09. The van der Waals surface area contributed by atoms with Gasteiger partial charge in [-0.3, -0.25) is 0 Å². The second-order valence-electron chi connectivity index (χ2n) is 3.51. The summed E-state index contributed by atoms with van der Waals surface area (Å²) in [6.07, 6.45) is 0. The van der Waals surface area contributed by atoms with Crippen molar-refractivity contribution in [1.29, 1.82) is 5.26 Å². The maximum Gasteiger partial charge on any atom is 0.321 e. The van der Waals surface area contributed by atoms with E-state index >= 15 is 0 Å². The number of carbonyl (C=O) groups is 1. The number of nitriles is 1. The molecule has 2 amide bonds. The topological polar surface area (TPSA) is 85.6 Å². The van der Waals surface area contributed by atoms with Gasteiger partial charge in [0, 0.05) is 26.2 Å². The summed E-state index contributed by atoms with van der Waals surface area (Å²) in [5, 5.41) is 21.0. The summed E-state index contributed by atoms with van der Waals surface area (Å²) in [6, 6.07) is 4.17. The van der Waals surface area contributed by atoms with Crippen LogP contribution in [0, 0.1) is 11.3 Å². The Labute approximate surface area is 99.0 Å². The lowest BCUT2D eigenvalue weighted by Gasteiger charge is -2.14. The molecule has 0 aliphatic rings. The van der Waals surface area contributed by atoms with Gasteiger partial charge in [0.1, 0.15) is 6.07 Å². The van der Waals surface area contributed by atoms with Gasteiger partial charge in [-0.05, 0) is 0 Å². The Balaban J connectivity index is 3.12. The Hall–Kier alpha value is -2.42. The Kier molecular flexibility index (Phi) is 3.78. The number of rotatable bonds is 2. The van der Waals surface area contributed by atoms with Crippen LogP contribution in [0.1, 0.15) is 5.56 Å². The van der Waals surface area contributed by atoms with E-state index < -0.39 is 0 Å². The van der Waals surface area contributed by atoms with Crippen LogP contribution in [0.15, 0.2) is 12.1 Å². The van der Waals surface area contributed by atoms with Gasteiger partial charge in [0.15, 0.2) is 11.5 Å². The number of phenols is 1. The number of hydrogen-bond acceptors (Lipinski definition) is 4. The predicted molar refractivity (Wildman–Crippen MR) is 62.1 cm³/mol. The van der Waals surface area contributed by atoms with E-state index in [9.17, 15) is 9.90 Å². The van der Waals surface area contributed by atoms with E-state index in [-0.39, 0.29) is 28.8 Å². The van der Waals surface area contributed by atoms with Gasteiger partial charge in [-0.15, -0.1) is 0 Å². The predicted octanol–water partition coefficient (Wildman–Crippen LogP) is 1.37. The molecule has 0 unspecified atom stereocenters. The number of nitrogens with one attached hydrogen (secondary N) is 1. The molecule has 1 aromatic carbocycles. The molecule has 0 bridgehead atoms. The van der Waals surface area contributed by atoms with Crippen LogP contribution in [0.2, 0.25) is 0 Å².